The van der Waals surface area contributed by atoms with E-state index >= 15 is 0 Å². The lowest BCUT2D eigenvalue weighted by atomic mass is 10.1. The van der Waals surface area contributed by atoms with Gasteiger partial charge in [-0.2, -0.15) is 0 Å². The molecule has 0 atom stereocenters. The summed E-state index contributed by atoms with van der Waals surface area (Å²) < 4.78 is 6.08. The number of carbonyl (C=O) groups is 1. The van der Waals surface area contributed by atoms with Crippen LogP contribution in [0, 0.1) is 0 Å². The second-order valence-electron chi connectivity index (χ2n) is 11.3. The summed E-state index contributed by atoms with van der Waals surface area (Å²) in [5.41, 5.74) is 3.17. The molecule has 0 fully saturated rings. The fourth-order valence-corrected chi connectivity index (χ4v) is 6.13. The largest absolute Gasteiger partial charge is 0.492 e. The van der Waals surface area contributed by atoms with Gasteiger partial charge in [0.15, 0.2) is 0 Å². The Balaban J connectivity index is 1.43. The van der Waals surface area contributed by atoms with E-state index in [1.807, 2.05) is 41.8 Å². The van der Waals surface area contributed by atoms with Crippen molar-refractivity contribution in [3.63, 3.8) is 0 Å². The highest BCUT2D eigenvalue weighted by molar-refractivity contribution is 8.03. The van der Waals surface area contributed by atoms with Gasteiger partial charge in [-0.1, -0.05) is 114 Å². The number of allylic oxidation sites excluding steroid dienone is 1. The number of thioether (sulfide) groups is 1. The number of unbranched alkanes of at least 4 members (excludes halogenated alkanes) is 11. The molecule has 6 heteroatoms. The predicted molar refractivity (Wildman–Crippen MR) is 178 cm³/mol. The summed E-state index contributed by atoms with van der Waals surface area (Å²) in [4.78, 5) is 18.5. The van der Waals surface area contributed by atoms with Crippen LogP contribution in [0.4, 0.5) is 5.69 Å². The molecule has 2 aromatic carbocycles. The molecule has 0 unspecified atom stereocenters. The van der Waals surface area contributed by atoms with Gasteiger partial charge in [-0.25, -0.2) is 0 Å². The number of anilines is 1. The third-order valence-electron chi connectivity index (χ3n) is 7.65. The maximum Gasteiger partial charge on any atom is 0.227 e. The maximum atomic E-state index is 12.9. The number of hydrogen-bond acceptors (Lipinski definition) is 4. The Kier molecular flexibility index (Phi) is 15.6. The maximum absolute atomic E-state index is 12.9. The molecule has 1 amide bonds. The van der Waals surface area contributed by atoms with Crippen molar-refractivity contribution >= 4 is 35.0 Å². The van der Waals surface area contributed by atoms with Gasteiger partial charge < -0.3 is 14.5 Å². The lowest BCUT2D eigenvalue weighted by Gasteiger charge is -2.24. The van der Waals surface area contributed by atoms with Crippen LogP contribution in [0.2, 0.25) is 5.02 Å². The molecule has 41 heavy (non-hydrogen) atoms. The average Bonchev–Trinajstić information content (AvgIpc) is 3.39. The van der Waals surface area contributed by atoms with E-state index in [4.69, 9.17) is 16.3 Å². The summed E-state index contributed by atoms with van der Waals surface area (Å²) in [6.45, 7) is 8.37. The van der Waals surface area contributed by atoms with Gasteiger partial charge in [-0.05, 0) is 53.6 Å². The highest BCUT2D eigenvalue weighted by Crippen LogP contribution is 2.29. The molecule has 0 bridgehead atoms. The predicted octanol–water partition coefficient (Wildman–Crippen LogP) is 10.7. The van der Waals surface area contributed by atoms with Gasteiger partial charge in [-0.3, -0.25) is 4.79 Å². The monoisotopic (exact) mass is 598 g/mol. The number of amides is 1. The minimum absolute atomic E-state index is 0.0983. The van der Waals surface area contributed by atoms with Crippen molar-refractivity contribution in [3.8, 4) is 5.75 Å². The van der Waals surface area contributed by atoms with Gasteiger partial charge in [0.1, 0.15) is 5.75 Å². The van der Waals surface area contributed by atoms with E-state index in [0.717, 1.165) is 30.1 Å². The quantitative estimate of drug-likeness (QED) is 0.142. The summed E-state index contributed by atoms with van der Waals surface area (Å²) in [5, 5.41) is 0.620. The van der Waals surface area contributed by atoms with Crippen molar-refractivity contribution < 1.29 is 9.53 Å². The van der Waals surface area contributed by atoms with Crippen LogP contribution in [-0.4, -0.2) is 23.3 Å². The zero-order valence-corrected chi connectivity index (χ0v) is 27.2. The first-order valence-electron chi connectivity index (χ1n) is 15.9. The second kappa shape index (κ2) is 19.2. The van der Waals surface area contributed by atoms with Gasteiger partial charge in [0.2, 0.25) is 5.91 Å². The SMILES string of the molecule is CCCCCCCCCCCCCCOc1cc(CN(C(=O)CC)c2ccc(CN3C=C(C)SC3)cc2)ccc1Cl. The molecule has 1 aliphatic heterocycles. The molecule has 0 radical (unpaired) electrons. The summed E-state index contributed by atoms with van der Waals surface area (Å²) >= 11 is 8.34. The van der Waals surface area contributed by atoms with Crippen molar-refractivity contribution in [1.82, 2.24) is 4.90 Å². The van der Waals surface area contributed by atoms with Crippen molar-refractivity contribution in [2.24, 2.45) is 0 Å². The fraction of sp³-hybridized carbons (Fsp3) is 0.571. The molecule has 0 aromatic heterocycles. The lowest BCUT2D eigenvalue weighted by molar-refractivity contribution is -0.118. The van der Waals surface area contributed by atoms with Crippen molar-refractivity contribution in [2.45, 2.75) is 117 Å². The van der Waals surface area contributed by atoms with Gasteiger partial charge in [0.05, 0.1) is 24.1 Å². The Morgan fingerprint density at radius 2 is 1.49 bits per heavy atom. The van der Waals surface area contributed by atoms with Crippen molar-refractivity contribution in [2.75, 3.05) is 17.4 Å². The van der Waals surface area contributed by atoms with E-state index in [1.165, 1.54) is 81.1 Å². The first-order valence-corrected chi connectivity index (χ1v) is 17.2. The highest BCUT2D eigenvalue weighted by Gasteiger charge is 2.17. The van der Waals surface area contributed by atoms with Crippen LogP contribution >= 0.6 is 23.4 Å². The van der Waals surface area contributed by atoms with Crippen LogP contribution in [0.15, 0.2) is 53.6 Å². The number of nitrogens with zero attached hydrogens (tertiary/aromatic N) is 2. The van der Waals surface area contributed by atoms with Crippen LogP contribution in [0.5, 0.6) is 5.75 Å². The third kappa shape index (κ3) is 12.3. The van der Waals surface area contributed by atoms with Crippen molar-refractivity contribution in [3.05, 3.63) is 69.7 Å². The fourth-order valence-electron chi connectivity index (χ4n) is 5.20. The van der Waals surface area contributed by atoms with E-state index in [-0.39, 0.29) is 5.91 Å². The van der Waals surface area contributed by atoms with Gasteiger partial charge >= 0.3 is 0 Å². The Morgan fingerprint density at radius 3 is 2.07 bits per heavy atom. The molecule has 4 nitrogen and oxygen atoms in total. The second-order valence-corrected chi connectivity index (χ2v) is 12.9. The first kappa shape index (κ1) is 33.4. The molecule has 1 heterocycles. The Morgan fingerprint density at radius 1 is 0.878 bits per heavy atom. The third-order valence-corrected chi connectivity index (χ3v) is 8.99. The van der Waals surface area contributed by atoms with Crippen LogP contribution in [0.1, 0.15) is 115 Å². The number of ether oxygens (including phenoxy) is 1. The summed E-state index contributed by atoms with van der Waals surface area (Å²) in [7, 11) is 0. The van der Waals surface area contributed by atoms with Crippen LogP contribution in [0.3, 0.4) is 0 Å². The summed E-state index contributed by atoms with van der Waals surface area (Å²) in [5.74, 6) is 1.80. The molecule has 3 rings (SSSR count). The summed E-state index contributed by atoms with van der Waals surface area (Å²) in [6, 6.07) is 14.2. The zero-order chi connectivity index (χ0) is 29.3. The topological polar surface area (TPSA) is 32.8 Å². The molecule has 1 aliphatic rings. The number of benzene rings is 2. The van der Waals surface area contributed by atoms with Gasteiger partial charge in [0.25, 0.3) is 0 Å². The standard InChI is InChI=1S/C35H51ClN2O2S/c1-4-6-7-8-9-10-11-12-13-14-15-16-23-40-34-24-31(19-22-33(34)36)27-38(35(39)5-2)32-20-17-30(18-21-32)26-37-25-29(3)41-28-37/h17-22,24-25H,4-16,23,26-28H2,1-3H3. The van der Waals surface area contributed by atoms with Crippen LogP contribution in [-0.2, 0) is 17.9 Å². The van der Waals surface area contributed by atoms with E-state index in [0.29, 0.717) is 30.3 Å². The smallest absolute Gasteiger partial charge is 0.227 e. The van der Waals surface area contributed by atoms with E-state index in [2.05, 4.69) is 49.2 Å². The molecule has 0 spiro atoms. The minimum atomic E-state index is 0.0983. The van der Waals surface area contributed by atoms with Gasteiger partial charge in [0, 0.05) is 24.9 Å². The lowest BCUT2D eigenvalue weighted by Crippen LogP contribution is -2.29. The van der Waals surface area contributed by atoms with Gasteiger partial charge in [-0.15, -0.1) is 11.8 Å². The molecule has 0 N–H and O–H groups in total. The molecule has 0 saturated heterocycles. The van der Waals surface area contributed by atoms with E-state index in [1.54, 1.807) is 0 Å². The molecular weight excluding hydrogens is 548 g/mol. The number of halogens is 1. The normalized spacial score (nSPS) is 13.0. The van der Waals surface area contributed by atoms with Crippen molar-refractivity contribution in [1.29, 1.82) is 0 Å². The molecular formula is C35H51ClN2O2S. The number of hydrogen-bond donors (Lipinski definition) is 0. The minimum Gasteiger partial charge on any atom is -0.492 e. The molecule has 0 saturated carbocycles. The van der Waals surface area contributed by atoms with E-state index < -0.39 is 0 Å². The zero-order valence-electron chi connectivity index (χ0n) is 25.6. The Bertz CT molecular complexity index is 1070. The number of carbonyl (C=O) groups excluding carboxylic acids is 1. The molecule has 2 aromatic rings. The highest BCUT2D eigenvalue weighted by atomic mass is 35.5. The van der Waals surface area contributed by atoms with Crippen LogP contribution < -0.4 is 9.64 Å². The Labute approximate surface area is 258 Å². The number of rotatable bonds is 20. The van der Waals surface area contributed by atoms with E-state index in [9.17, 15) is 4.79 Å². The first-order chi connectivity index (χ1) is 20.0. The Hall–Kier alpha value is -2.11. The van der Waals surface area contributed by atoms with Crippen LogP contribution in [0.25, 0.3) is 0 Å². The molecule has 226 valence electrons. The summed E-state index contributed by atoms with van der Waals surface area (Å²) in [6.07, 6.45) is 18.5. The molecule has 0 aliphatic carbocycles. The average molecular weight is 599 g/mol.